The van der Waals surface area contributed by atoms with Crippen molar-refractivity contribution in [2.24, 2.45) is 0 Å². The van der Waals surface area contributed by atoms with Crippen LogP contribution < -0.4 is 0 Å². The second-order valence-corrected chi connectivity index (χ2v) is 5.37. The van der Waals surface area contributed by atoms with Gasteiger partial charge in [0.25, 0.3) is 0 Å². The van der Waals surface area contributed by atoms with Gasteiger partial charge in [-0.05, 0) is 59.7 Å². The average Bonchev–Trinajstić information content (AvgIpc) is 2.81. The van der Waals surface area contributed by atoms with Crippen molar-refractivity contribution in [2.75, 3.05) is 0 Å². The molecule has 0 aliphatic heterocycles. The molecule has 17 heavy (non-hydrogen) atoms. The molecule has 0 spiro atoms. The van der Waals surface area contributed by atoms with Crippen LogP contribution in [0.5, 0.6) is 0 Å². The number of aryl methyl sites for hydroxylation is 1. The largest absolute Gasteiger partial charge is 0.305 e. The Kier molecular flexibility index (Phi) is 2.56. The molecule has 0 aromatic carbocycles. The lowest BCUT2D eigenvalue weighted by Gasteiger charge is -2.25. The van der Waals surface area contributed by atoms with Crippen molar-refractivity contribution in [2.45, 2.75) is 25.7 Å². The van der Waals surface area contributed by atoms with Gasteiger partial charge >= 0.3 is 0 Å². The summed E-state index contributed by atoms with van der Waals surface area (Å²) in [5, 5.41) is 12.5. The number of hydrogen-bond acceptors (Lipinski definition) is 3. The lowest BCUT2D eigenvalue weighted by molar-refractivity contribution is 0.679. The van der Waals surface area contributed by atoms with Gasteiger partial charge in [0.15, 0.2) is 0 Å². The Morgan fingerprint density at radius 2 is 2.24 bits per heavy atom. The summed E-state index contributed by atoms with van der Waals surface area (Å²) in [5.41, 5.74) is 5.46. The Labute approximate surface area is 105 Å². The molecule has 2 nitrogen and oxygen atoms in total. The maximum atomic E-state index is 8.21. The third-order valence-corrected chi connectivity index (χ3v) is 4.15. The van der Waals surface area contributed by atoms with Crippen LogP contribution in [0.4, 0.5) is 0 Å². The number of aromatic nitrogens is 1. The van der Waals surface area contributed by atoms with E-state index in [2.05, 4.69) is 28.7 Å². The fourth-order valence-electron chi connectivity index (χ4n) is 2.58. The van der Waals surface area contributed by atoms with Gasteiger partial charge in [0.2, 0.25) is 0 Å². The van der Waals surface area contributed by atoms with Gasteiger partial charge in [-0.1, -0.05) is 0 Å². The van der Waals surface area contributed by atoms with Crippen LogP contribution in [0.15, 0.2) is 29.1 Å². The fraction of sp³-hybridized carbons (Fsp3) is 0.286. The Morgan fingerprint density at radius 1 is 1.35 bits per heavy atom. The van der Waals surface area contributed by atoms with Crippen LogP contribution in [0.25, 0.3) is 0 Å². The topological polar surface area (TPSA) is 36.7 Å². The zero-order valence-electron chi connectivity index (χ0n) is 9.73. The van der Waals surface area contributed by atoms with Crippen LogP contribution in [-0.4, -0.2) is 10.7 Å². The fourth-order valence-corrected chi connectivity index (χ4v) is 3.32. The van der Waals surface area contributed by atoms with Gasteiger partial charge in [-0.25, -0.2) is 0 Å². The van der Waals surface area contributed by atoms with Crippen molar-refractivity contribution in [1.82, 2.24) is 4.98 Å². The van der Waals surface area contributed by atoms with Gasteiger partial charge in [-0.3, -0.25) is 4.98 Å². The minimum absolute atomic E-state index is 0.440. The van der Waals surface area contributed by atoms with Crippen LogP contribution in [0.3, 0.4) is 0 Å². The molecule has 0 amide bonds. The van der Waals surface area contributed by atoms with E-state index in [1.54, 1.807) is 11.3 Å². The summed E-state index contributed by atoms with van der Waals surface area (Å²) in [6.07, 6.45) is 3.67. The lowest BCUT2D eigenvalue weighted by atomic mass is 9.81. The first-order valence-corrected chi connectivity index (χ1v) is 6.74. The summed E-state index contributed by atoms with van der Waals surface area (Å²) >= 11 is 1.73. The van der Waals surface area contributed by atoms with Crippen LogP contribution >= 0.6 is 11.3 Å². The Morgan fingerprint density at radius 3 is 3.00 bits per heavy atom. The first kappa shape index (κ1) is 10.7. The van der Waals surface area contributed by atoms with Crippen molar-refractivity contribution in [3.8, 4) is 0 Å². The van der Waals surface area contributed by atoms with E-state index in [0.717, 1.165) is 29.8 Å². The number of rotatable bonds is 1. The van der Waals surface area contributed by atoms with Gasteiger partial charge in [0.05, 0.1) is 5.69 Å². The van der Waals surface area contributed by atoms with Gasteiger partial charge in [0, 0.05) is 17.5 Å². The summed E-state index contributed by atoms with van der Waals surface area (Å²) in [6, 6.07) is 4.17. The number of nitrogens with zero attached hydrogens (tertiary/aromatic N) is 1. The predicted octanol–water partition coefficient (Wildman–Crippen LogP) is 3.55. The van der Waals surface area contributed by atoms with E-state index in [1.165, 1.54) is 11.1 Å². The molecule has 0 radical (unpaired) electrons. The molecule has 2 aromatic heterocycles. The van der Waals surface area contributed by atoms with E-state index < -0.39 is 0 Å². The Hall–Kier alpha value is -1.48. The molecular formula is C14H14N2S. The third-order valence-electron chi connectivity index (χ3n) is 3.44. The standard InChI is InChI=1S/C14H14N2S/c1-9-2-4-16-13-7-11(6-12(15)14(9)13)10-3-5-17-8-10/h2-5,8,11,15H,6-7H2,1H3. The zero-order valence-corrected chi connectivity index (χ0v) is 10.6. The van der Waals surface area contributed by atoms with Crippen molar-refractivity contribution < 1.29 is 0 Å². The Balaban J connectivity index is 2.02. The predicted molar refractivity (Wildman–Crippen MR) is 71.2 cm³/mol. The summed E-state index contributed by atoms with van der Waals surface area (Å²) in [4.78, 5) is 4.45. The number of nitrogens with one attached hydrogen (secondary N) is 1. The van der Waals surface area contributed by atoms with Crippen LogP contribution in [0.1, 0.15) is 34.7 Å². The van der Waals surface area contributed by atoms with E-state index in [1.807, 2.05) is 12.3 Å². The van der Waals surface area contributed by atoms with E-state index >= 15 is 0 Å². The van der Waals surface area contributed by atoms with Crippen LogP contribution in [0.2, 0.25) is 0 Å². The maximum Gasteiger partial charge on any atom is 0.0502 e. The van der Waals surface area contributed by atoms with E-state index in [9.17, 15) is 0 Å². The van der Waals surface area contributed by atoms with Crippen LogP contribution in [-0.2, 0) is 6.42 Å². The molecule has 0 bridgehead atoms. The average molecular weight is 242 g/mol. The molecule has 0 fully saturated rings. The van der Waals surface area contributed by atoms with E-state index in [-0.39, 0.29) is 0 Å². The molecule has 3 rings (SSSR count). The summed E-state index contributed by atoms with van der Waals surface area (Å²) in [5.74, 6) is 0.440. The van der Waals surface area contributed by atoms with Crippen LogP contribution in [0, 0.1) is 12.3 Å². The summed E-state index contributed by atoms with van der Waals surface area (Å²) in [6.45, 7) is 2.07. The minimum Gasteiger partial charge on any atom is -0.305 e. The minimum atomic E-state index is 0.440. The molecule has 1 unspecified atom stereocenters. The quantitative estimate of drug-likeness (QED) is 0.815. The van der Waals surface area contributed by atoms with E-state index in [0.29, 0.717) is 5.92 Å². The third kappa shape index (κ3) is 1.80. The highest BCUT2D eigenvalue weighted by Gasteiger charge is 2.26. The van der Waals surface area contributed by atoms with Crippen molar-refractivity contribution in [1.29, 1.82) is 5.41 Å². The van der Waals surface area contributed by atoms with Gasteiger partial charge in [0.1, 0.15) is 0 Å². The molecule has 1 aliphatic rings. The van der Waals surface area contributed by atoms with Gasteiger partial charge in [-0.2, -0.15) is 11.3 Å². The van der Waals surface area contributed by atoms with Gasteiger partial charge in [-0.15, -0.1) is 0 Å². The summed E-state index contributed by atoms with van der Waals surface area (Å²) in [7, 11) is 0. The molecule has 3 heteroatoms. The molecule has 86 valence electrons. The lowest BCUT2D eigenvalue weighted by Crippen LogP contribution is -2.20. The molecule has 2 heterocycles. The number of pyridine rings is 1. The highest BCUT2D eigenvalue weighted by atomic mass is 32.1. The number of fused-ring (bicyclic) bond motifs is 1. The smallest absolute Gasteiger partial charge is 0.0502 e. The highest BCUT2D eigenvalue weighted by molar-refractivity contribution is 7.08. The number of thiophene rings is 1. The summed E-state index contributed by atoms with van der Waals surface area (Å²) < 4.78 is 0. The molecule has 2 aromatic rings. The molecular weight excluding hydrogens is 228 g/mol. The zero-order chi connectivity index (χ0) is 11.8. The molecule has 1 atom stereocenters. The SMILES string of the molecule is Cc1ccnc2c1C(=N)CC(c1ccsc1)C2. The first-order valence-electron chi connectivity index (χ1n) is 5.80. The van der Waals surface area contributed by atoms with Crippen molar-refractivity contribution >= 4 is 17.0 Å². The second kappa shape index (κ2) is 4.08. The van der Waals surface area contributed by atoms with Crippen molar-refractivity contribution in [3.05, 3.63) is 51.5 Å². The normalized spacial score (nSPS) is 19.1. The Bertz CT molecular complexity index is 558. The van der Waals surface area contributed by atoms with Crippen molar-refractivity contribution in [3.63, 3.8) is 0 Å². The first-order chi connectivity index (χ1) is 8.25. The van der Waals surface area contributed by atoms with Gasteiger partial charge < -0.3 is 5.41 Å². The monoisotopic (exact) mass is 242 g/mol. The molecule has 1 N–H and O–H groups in total. The highest BCUT2D eigenvalue weighted by Crippen LogP contribution is 2.33. The maximum absolute atomic E-state index is 8.21. The molecule has 0 saturated carbocycles. The number of hydrogen-bond donors (Lipinski definition) is 1. The second-order valence-electron chi connectivity index (χ2n) is 4.59. The molecule has 0 saturated heterocycles. The van der Waals surface area contributed by atoms with E-state index in [4.69, 9.17) is 5.41 Å². The molecule has 1 aliphatic carbocycles.